The van der Waals surface area contributed by atoms with Crippen molar-refractivity contribution in [1.29, 1.82) is 0 Å². The van der Waals surface area contributed by atoms with Crippen LogP contribution in [-0.2, 0) is 14.3 Å². The minimum absolute atomic E-state index is 0.276. The zero-order chi connectivity index (χ0) is 12.3. The van der Waals surface area contributed by atoms with Gasteiger partial charge in [-0.15, -0.1) is 0 Å². The number of ether oxygens (including phenoxy) is 1. The van der Waals surface area contributed by atoms with Crippen LogP contribution in [0.25, 0.3) is 0 Å². The highest BCUT2D eigenvalue weighted by Gasteiger charge is 2.43. The van der Waals surface area contributed by atoms with Crippen LogP contribution in [0.2, 0.25) is 0 Å². The summed E-state index contributed by atoms with van der Waals surface area (Å²) in [5.41, 5.74) is -2.09. The molecular formula is C10H17IO4. The summed E-state index contributed by atoms with van der Waals surface area (Å²) in [6.45, 7) is 6.56. The third kappa shape index (κ3) is 4.36. The number of alkyl halides is 1. The first-order chi connectivity index (χ1) is 6.63. The number of esters is 1. The minimum atomic E-state index is -1.44. The second-order valence-electron chi connectivity index (χ2n) is 4.58. The number of rotatable bonds is 4. The molecule has 5 heteroatoms. The average molecular weight is 328 g/mol. The Labute approximate surface area is 104 Å². The first kappa shape index (κ1) is 14.7. The molecule has 0 fully saturated rings. The van der Waals surface area contributed by atoms with Gasteiger partial charge >= 0.3 is 11.9 Å². The van der Waals surface area contributed by atoms with Crippen molar-refractivity contribution in [3.05, 3.63) is 0 Å². The van der Waals surface area contributed by atoms with Crippen LogP contribution in [-0.4, -0.2) is 27.1 Å². The van der Waals surface area contributed by atoms with Gasteiger partial charge in [0.2, 0.25) is 0 Å². The van der Waals surface area contributed by atoms with E-state index in [-0.39, 0.29) is 6.42 Å². The molecule has 1 N–H and O–H groups in total. The number of halogens is 1. The Kier molecular flexibility index (Phi) is 5.02. The average Bonchev–Trinajstić information content (AvgIpc) is 2.00. The Bertz CT molecular complexity index is 257. The van der Waals surface area contributed by atoms with E-state index in [4.69, 9.17) is 9.84 Å². The van der Waals surface area contributed by atoms with E-state index in [1.54, 1.807) is 20.8 Å². The molecule has 1 unspecified atom stereocenters. The van der Waals surface area contributed by atoms with E-state index in [1.165, 1.54) is 6.92 Å². The lowest BCUT2D eigenvalue weighted by Crippen LogP contribution is -2.41. The predicted molar refractivity (Wildman–Crippen MR) is 65.1 cm³/mol. The van der Waals surface area contributed by atoms with Crippen LogP contribution in [0.4, 0.5) is 0 Å². The van der Waals surface area contributed by atoms with Crippen LogP contribution in [0.15, 0.2) is 0 Å². The molecule has 0 amide bonds. The van der Waals surface area contributed by atoms with Crippen LogP contribution >= 0.6 is 22.6 Å². The summed E-state index contributed by atoms with van der Waals surface area (Å²) in [6.07, 6.45) is 0.276. The highest BCUT2D eigenvalue weighted by atomic mass is 127. The molecule has 0 aromatic heterocycles. The standard InChI is InChI=1S/C10H17IO4/c1-9(2,3)15-8(14)10(4,5-6-11)7(12)13/h5-6H2,1-4H3,(H,12,13). The van der Waals surface area contributed by atoms with Crippen molar-refractivity contribution < 1.29 is 19.4 Å². The van der Waals surface area contributed by atoms with Gasteiger partial charge in [-0.05, 0) is 34.1 Å². The lowest BCUT2D eigenvalue weighted by molar-refractivity contribution is -0.175. The maximum absolute atomic E-state index is 11.7. The Hall–Kier alpha value is -0.330. The molecule has 0 aliphatic heterocycles. The number of carboxylic acid groups (broad SMARTS) is 1. The zero-order valence-electron chi connectivity index (χ0n) is 9.46. The van der Waals surface area contributed by atoms with Gasteiger partial charge < -0.3 is 9.84 Å². The van der Waals surface area contributed by atoms with E-state index in [2.05, 4.69) is 0 Å². The van der Waals surface area contributed by atoms with Crippen LogP contribution in [0.3, 0.4) is 0 Å². The summed E-state index contributed by atoms with van der Waals surface area (Å²) in [5.74, 6) is -1.80. The van der Waals surface area contributed by atoms with Gasteiger partial charge in [0.1, 0.15) is 5.60 Å². The summed E-state index contributed by atoms with van der Waals surface area (Å²) in [6, 6.07) is 0. The molecule has 0 rings (SSSR count). The van der Waals surface area contributed by atoms with Crippen molar-refractivity contribution in [2.24, 2.45) is 5.41 Å². The largest absolute Gasteiger partial charge is 0.480 e. The van der Waals surface area contributed by atoms with Crippen molar-refractivity contribution in [2.75, 3.05) is 4.43 Å². The summed E-state index contributed by atoms with van der Waals surface area (Å²) in [4.78, 5) is 22.7. The van der Waals surface area contributed by atoms with Crippen molar-refractivity contribution in [2.45, 2.75) is 39.7 Å². The molecule has 0 heterocycles. The zero-order valence-corrected chi connectivity index (χ0v) is 11.6. The smallest absolute Gasteiger partial charge is 0.323 e. The fourth-order valence-electron chi connectivity index (χ4n) is 0.876. The van der Waals surface area contributed by atoms with E-state index in [0.29, 0.717) is 4.43 Å². The monoisotopic (exact) mass is 328 g/mol. The van der Waals surface area contributed by atoms with E-state index in [0.717, 1.165) is 0 Å². The minimum Gasteiger partial charge on any atom is -0.480 e. The highest BCUT2D eigenvalue weighted by molar-refractivity contribution is 14.1. The van der Waals surface area contributed by atoms with Crippen LogP contribution < -0.4 is 0 Å². The van der Waals surface area contributed by atoms with Gasteiger partial charge in [-0.25, -0.2) is 0 Å². The van der Waals surface area contributed by atoms with Crippen molar-refractivity contribution in [3.63, 3.8) is 0 Å². The van der Waals surface area contributed by atoms with Crippen LogP contribution in [0.1, 0.15) is 34.1 Å². The fourth-order valence-corrected chi connectivity index (χ4v) is 1.95. The molecular weight excluding hydrogens is 311 g/mol. The molecule has 0 aromatic rings. The summed E-state index contributed by atoms with van der Waals surface area (Å²) < 4.78 is 5.69. The molecule has 0 aliphatic rings. The van der Waals surface area contributed by atoms with E-state index in [1.807, 2.05) is 22.6 Å². The maximum Gasteiger partial charge on any atom is 0.323 e. The Morgan fingerprint density at radius 3 is 2.00 bits per heavy atom. The molecule has 0 aromatic carbocycles. The normalized spacial score (nSPS) is 15.5. The van der Waals surface area contributed by atoms with Crippen molar-refractivity contribution >= 4 is 34.5 Å². The lowest BCUT2D eigenvalue weighted by atomic mass is 9.87. The van der Waals surface area contributed by atoms with E-state index >= 15 is 0 Å². The first-order valence-electron chi connectivity index (χ1n) is 4.66. The Morgan fingerprint density at radius 1 is 1.27 bits per heavy atom. The third-order valence-electron chi connectivity index (χ3n) is 1.92. The van der Waals surface area contributed by atoms with Crippen molar-refractivity contribution in [3.8, 4) is 0 Å². The van der Waals surface area contributed by atoms with Gasteiger partial charge in [0, 0.05) is 4.43 Å². The number of carboxylic acids is 1. The number of hydrogen-bond acceptors (Lipinski definition) is 3. The lowest BCUT2D eigenvalue weighted by Gasteiger charge is -2.27. The van der Waals surface area contributed by atoms with Gasteiger partial charge in [-0.1, -0.05) is 22.6 Å². The summed E-state index contributed by atoms with van der Waals surface area (Å²) in [7, 11) is 0. The highest BCUT2D eigenvalue weighted by Crippen LogP contribution is 2.27. The predicted octanol–water partition coefficient (Wildman–Crippen LogP) is 2.24. The molecule has 1 atom stereocenters. The molecule has 4 nitrogen and oxygen atoms in total. The quantitative estimate of drug-likeness (QED) is 0.372. The van der Waals surface area contributed by atoms with Gasteiger partial charge in [0.25, 0.3) is 0 Å². The summed E-state index contributed by atoms with van der Waals surface area (Å²) >= 11 is 2.05. The van der Waals surface area contributed by atoms with Gasteiger partial charge in [-0.2, -0.15) is 0 Å². The molecule has 0 spiro atoms. The second-order valence-corrected chi connectivity index (χ2v) is 5.66. The van der Waals surface area contributed by atoms with Gasteiger partial charge in [0.05, 0.1) is 0 Å². The maximum atomic E-state index is 11.7. The van der Waals surface area contributed by atoms with Gasteiger partial charge in [0.15, 0.2) is 5.41 Å². The number of carbonyl (C=O) groups excluding carboxylic acids is 1. The van der Waals surface area contributed by atoms with Crippen molar-refractivity contribution in [1.82, 2.24) is 0 Å². The Balaban J connectivity index is 4.79. The molecule has 0 saturated heterocycles. The molecule has 0 radical (unpaired) electrons. The number of aliphatic carboxylic acids is 1. The topological polar surface area (TPSA) is 63.6 Å². The third-order valence-corrected chi connectivity index (χ3v) is 2.46. The SMILES string of the molecule is CC(C)(C)OC(=O)C(C)(CCI)C(=O)O. The molecule has 0 aliphatic carbocycles. The fraction of sp³-hybridized carbons (Fsp3) is 0.800. The molecule has 15 heavy (non-hydrogen) atoms. The molecule has 88 valence electrons. The first-order valence-corrected chi connectivity index (χ1v) is 6.19. The second kappa shape index (κ2) is 5.14. The van der Waals surface area contributed by atoms with Gasteiger partial charge in [-0.3, -0.25) is 9.59 Å². The van der Waals surface area contributed by atoms with Crippen LogP contribution in [0.5, 0.6) is 0 Å². The van der Waals surface area contributed by atoms with Crippen LogP contribution in [0, 0.1) is 5.41 Å². The molecule has 0 saturated carbocycles. The number of carbonyl (C=O) groups is 2. The van der Waals surface area contributed by atoms with E-state index in [9.17, 15) is 9.59 Å². The van der Waals surface area contributed by atoms with E-state index < -0.39 is 23.0 Å². The molecule has 0 bridgehead atoms. The summed E-state index contributed by atoms with van der Waals surface area (Å²) in [5, 5.41) is 9.03. The Morgan fingerprint density at radius 2 is 1.73 bits per heavy atom. The number of hydrogen-bond donors (Lipinski definition) is 1.